The third-order valence-corrected chi connectivity index (χ3v) is 7.18. The molecule has 6 aromatic rings. The lowest BCUT2D eigenvalue weighted by atomic mass is 9.82. The fourth-order valence-corrected chi connectivity index (χ4v) is 5.29. The highest BCUT2D eigenvalue weighted by Crippen LogP contribution is 2.51. The first-order valence-electron chi connectivity index (χ1n) is 12.5. The molecule has 0 N–H and O–H groups in total. The van der Waals surface area contributed by atoms with Gasteiger partial charge in [0.25, 0.3) is 0 Å². The highest BCUT2D eigenvalue weighted by Gasteiger charge is 2.35. The first kappa shape index (κ1) is 23.0. The average Bonchev–Trinajstić information content (AvgIpc) is 3.44. The summed E-state index contributed by atoms with van der Waals surface area (Å²) in [4.78, 5) is 9.68. The van der Waals surface area contributed by atoms with Crippen LogP contribution in [0.5, 0.6) is 28.9 Å². The summed E-state index contributed by atoms with van der Waals surface area (Å²) in [7, 11) is 4.92. The zero-order valence-electron chi connectivity index (χ0n) is 21.6. The Morgan fingerprint density at radius 3 is 2.44 bits per heavy atom. The zero-order valence-corrected chi connectivity index (χ0v) is 21.6. The number of hydrogen-bond donors (Lipinski definition) is 0. The van der Waals surface area contributed by atoms with Crippen molar-refractivity contribution in [3.8, 4) is 40.3 Å². The van der Waals surface area contributed by atoms with E-state index in [4.69, 9.17) is 34.0 Å². The maximum absolute atomic E-state index is 6.53. The van der Waals surface area contributed by atoms with Crippen LogP contribution in [0.3, 0.4) is 0 Å². The van der Waals surface area contributed by atoms with Crippen molar-refractivity contribution in [1.82, 2.24) is 19.6 Å². The minimum Gasteiger partial charge on any atom is -0.497 e. The van der Waals surface area contributed by atoms with Crippen LogP contribution >= 0.6 is 0 Å². The van der Waals surface area contributed by atoms with E-state index in [-0.39, 0.29) is 5.92 Å². The highest BCUT2D eigenvalue weighted by molar-refractivity contribution is 5.91. The Kier molecular flexibility index (Phi) is 5.33. The van der Waals surface area contributed by atoms with Crippen LogP contribution in [-0.4, -0.2) is 40.9 Å². The first-order valence-corrected chi connectivity index (χ1v) is 12.5. The van der Waals surface area contributed by atoms with Crippen LogP contribution < -0.4 is 18.9 Å². The molecule has 4 aromatic carbocycles. The minimum atomic E-state index is -0.239. The van der Waals surface area contributed by atoms with Crippen molar-refractivity contribution < 1.29 is 18.9 Å². The molecule has 2 aromatic heterocycles. The molecular weight excluding hydrogens is 492 g/mol. The highest BCUT2D eigenvalue weighted by atomic mass is 16.5. The van der Waals surface area contributed by atoms with Gasteiger partial charge in [-0.05, 0) is 47.3 Å². The lowest BCUT2D eigenvalue weighted by Gasteiger charge is -2.29. The number of nitrogens with zero attached hydrogens (tertiary/aromatic N) is 4. The molecule has 0 amide bonds. The first-order chi connectivity index (χ1) is 19.2. The summed E-state index contributed by atoms with van der Waals surface area (Å²) in [5, 5.41) is 6.86. The summed E-state index contributed by atoms with van der Waals surface area (Å²) in [6, 6.07) is 26.1. The molecule has 0 saturated carbocycles. The van der Waals surface area contributed by atoms with Crippen molar-refractivity contribution in [2.45, 2.75) is 5.92 Å². The fraction of sp³-hybridized carbons (Fsp3) is 0.129. The van der Waals surface area contributed by atoms with Gasteiger partial charge in [-0.2, -0.15) is 0 Å². The Balaban J connectivity index is 1.48. The monoisotopic (exact) mass is 516 g/mol. The minimum absolute atomic E-state index is 0.239. The van der Waals surface area contributed by atoms with E-state index < -0.39 is 0 Å². The zero-order chi connectivity index (χ0) is 26.5. The lowest BCUT2D eigenvalue weighted by Crippen LogP contribution is -2.15. The Morgan fingerprint density at radius 2 is 1.64 bits per heavy atom. The molecule has 0 bridgehead atoms. The number of benzene rings is 4. The second kappa shape index (κ2) is 9.02. The number of aromatic nitrogens is 4. The summed E-state index contributed by atoms with van der Waals surface area (Å²) in [6.07, 6.45) is 1.65. The largest absolute Gasteiger partial charge is 0.497 e. The average molecular weight is 517 g/mol. The third-order valence-electron chi connectivity index (χ3n) is 7.18. The third kappa shape index (κ3) is 3.64. The van der Waals surface area contributed by atoms with Crippen LogP contribution in [0.25, 0.3) is 27.8 Å². The van der Waals surface area contributed by atoms with E-state index in [1.807, 2.05) is 54.6 Å². The number of ether oxygens (including phenoxy) is 4. The van der Waals surface area contributed by atoms with Gasteiger partial charge in [-0.3, -0.25) is 0 Å². The van der Waals surface area contributed by atoms with Gasteiger partial charge in [0.05, 0.1) is 26.9 Å². The molecule has 0 spiro atoms. The van der Waals surface area contributed by atoms with E-state index in [1.54, 1.807) is 32.2 Å². The van der Waals surface area contributed by atoms with E-state index in [0.29, 0.717) is 28.9 Å². The summed E-state index contributed by atoms with van der Waals surface area (Å²) in [6.45, 7) is 0. The Labute approximate surface area is 224 Å². The van der Waals surface area contributed by atoms with Crippen LogP contribution in [-0.2, 0) is 0 Å². The molecule has 0 radical (unpaired) electrons. The van der Waals surface area contributed by atoms with Crippen LogP contribution in [0.15, 0.2) is 85.2 Å². The topological polar surface area (TPSA) is 80.0 Å². The SMILES string of the molecule is COc1ccc(-c2nc3c4c(ncn3n2)Oc2c(ccc3ccccc23)[C@H]4c2ccc(OC)c(OC)c2)cc1. The lowest BCUT2D eigenvalue weighted by molar-refractivity contribution is 0.354. The van der Waals surface area contributed by atoms with Crippen LogP contribution in [0.2, 0.25) is 0 Å². The van der Waals surface area contributed by atoms with Crippen LogP contribution in [0.4, 0.5) is 0 Å². The van der Waals surface area contributed by atoms with Gasteiger partial charge in [0.2, 0.25) is 5.88 Å². The van der Waals surface area contributed by atoms with E-state index in [0.717, 1.165) is 44.5 Å². The molecule has 192 valence electrons. The second-order valence-corrected chi connectivity index (χ2v) is 9.25. The van der Waals surface area contributed by atoms with Gasteiger partial charge in [0.15, 0.2) is 23.0 Å². The number of hydrogen-bond acceptors (Lipinski definition) is 7. The van der Waals surface area contributed by atoms with Crippen molar-refractivity contribution in [2.24, 2.45) is 0 Å². The molecule has 0 unspecified atom stereocenters. The van der Waals surface area contributed by atoms with Gasteiger partial charge < -0.3 is 18.9 Å². The molecule has 0 aliphatic carbocycles. The van der Waals surface area contributed by atoms with Gasteiger partial charge in [0, 0.05) is 22.4 Å². The van der Waals surface area contributed by atoms with Crippen LogP contribution in [0, 0.1) is 0 Å². The van der Waals surface area contributed by atoms with Crippen molar-refractivity contribution in [3.63, 3.8) is 0 Å². The molecule has 1 aliphatic heterocycles. The fourth-order valence-electron chi connectivity index (χ4n) is 5.29. The molecule has 1 aliphatic rings. The molecule has 1 atom stereocenters. The Morgan fingerprint density at radius 1 is 0.821 bits per heavy atom. The molecule has 3 heterocycles. The summed E-state index contributed by atoms with van der Waals surface area (Å²) >= 11 is 0. The standard InChI is InChI=1S/C31H24N4O4/c1-36-21-12-8-19(9-13-21)29-33-30-27-26(20-11-15-24(37-2)25(16-20)38-3)23-14-10-18-6-4-5-7-22(18)28(23)39-31(27)32-17-35(30)34-29/h4-17,26H,1-3H3/t26-/m1/s1. The maximum atomic E-state index is 6.53. The smallest absolute Gasteiger partial charge is 0.228 e. The van der Waals surface area contributed by atoms with E-state index in [9.17, 15) is 0 Å². The maximum Gasteiger partial charge on any atom is 0.228 e. The Hall–Kier alpha value is -5.11. The van der Waals surface area contributed by atoms with E-state index in [1.165, 1.54) is 0 Å². The van der Waals surface area contributed by atoms with Gasteiger partial charge >= 0.3 is 0 Å². The van der Waals surface area contributed by atoms with Crippen molar-refractivity contribution in [3.05, 3.63) is 102 Å². The molecule has 0 saturated heterocycles. The molecule has 8 heteroatoms. The number of rotatable bonds is 5. The predicted molar refractivity (Wildman–Crippen MR) is 147 cm³/mol. The van der Waals surface area contributed by atoms with Gasteiger partial charge in [-0.1, -0.05) is 42.5 Å². The molecule has 8 nitrogen and oxygen atoms in total. The van der Waals surface area contributed by atoms with Crippen LogP contribution in [0.1, 0.15) is 22.6 Å². The Bertz CT molecular complexity index is 1860. The van der Waals surface area contributed by atoms with Gasteiger partial charge in [-0.25, -0.2) is 14.5 Å². The number of methoxy groups -OCH3 is 3. The second-order valence-electron chi connectivity index (χ2n) is 9.25. The van der Waals surface area contributed by atoms with Crippen molar-refractivity contribution in [1.29, 1.82) is 0 Å². The van der Waals surface area contributed by atoms with Crippen molar-refractivity contribution in [2.75, 3.05) is 21.3 Å². The number of fused-ring (bicyclic) bond motifs is 6. The predicted octanol–water partition coefficient (Wildman–Crippen LogP) is 6.26. The molecule has 7 rings (SSSR count). The summed E-state index contributed by atoms with van der Waals surface area (Å²) in [5.41, 5.74) is 4.39. The molecular formula is C31H24N4O4. The van der Waals surface area contributed by atoms with Gasteiger partial charge in [0.1, 0.15) is 17.8 Å². The quantitative estimate of drug-likeness (QED) is 0.267. The summed E-state index contributed by atoms with van der Waals surface area (Å²) in [5.74, 6) is 3.71. The van der Waals surface area contributed by atoms with E-state index in [2.05, 4.69) is 24.3 Å². The van der Waals surface area contributed by atoms with Gasteiger partial charge in [-0.15, -0.1) is 5.10 Å². The molecule has 0 fully saturated rings. The van der Waals surface area contributed by atoms with Crippen molar-refractivity contribution >= 4 is 16.4 Å². The molecule has 39 heavy (non-hydrogen) atoms. The normalized spacial score (nSPS) is 14.0. The van der Waals surface area contributed by atoms with E-state index >= 15 is 0 Å². The summed E-state index contributed by atoms with van der Waals surface area (Å²) < 4.78 is 24.7.